The molecule has 2 aliphatic heterocycles. The Bertz CT molecular complexity index is 229. The van der Waals surface area contributed by atoms with Crippen LogP contribution in [0, 0.1) is 0 Å². The van der Waals surface area contributed by atoms with Crippen LogP contribution in [0.5, 0.6) is 0 Å². The molecule has 1 fully saturated rings. The first-order chi connectivity index (χ1) is 6.38. The van der Waals surface area contributed by atoms with Crippen LogP contribution in [-0.2, 0) is 4.79 Å². The molecule has 0 aliphatic carbocycles. The SMILES string of the molecule is Cl.O=C(C1C=CCN1)N1CCSCC1. The monoisotopic (exact) mass is 234 g/mol. The van der Waals surface area contributed by atoms with Gasteiger partial charge in [0.05, 0.1) is 0 Å². The summed E-state index contributed by atoms with van der Waals surface area (Å²) in [6.45, 7) is 2.66. The van der Waals surface area contributed by atoms with E-state index in [9.17, 15) is 4.79 Å². The Morgan fingerprint density at radius 1 is 1.43 bits per heavy atom. The van der Waals surface area contributed by atoms with Crippen LogP contribution in [0.15, 0.2) is 12.2 Å². The summed E-state index contributed by atoms with van der Waals surface area (Å²) in [6.07, 6.45) is 3.98. The number of hydrogen-bond acceptors (Lipinski definition) is 3. The van der Waals surface area contributed by atoms with E-state index in [1.807, 2.05) is 28.8 Å². The van der Waals surface area contributed by atoms with Crippen molar-refractivity contribution in [2.45, 2.75) is 6.04 Å². The second-order valence-electron chi connectivity index (χ2n) is 3.25. The molecule has 1 unspecified atom stereocenters. The lowest BCUT2D eigenvalue weighted by Crippen LogP contribution is -2.46. The van der Waals surface area contributed by atoms with Crippen molar-refractivity contribution in [3.05, 3.63) is 12.2 Å². The largest absolute Gasteiger partial charge is 0.339 e. The normalized spacial score (nSPS) is 26.0. The molecule has 2 rings (SSSR count). The predicted octanol–water partition coefficient (Wildman–Crippen LogP) is 0.512. The van der Waals surface area contributed by atoms with E-state index in [2.05, 4.69) is 5.32 Å². The van der Waals surface area contributed by atoms with E-state index < -0.39 is 0 Å². The number of nitrogens with zero attached hydrogens (tertiary/aromatic N) is 1. The smallest absolute Gasteiger partial charge is 0.243 e. The molecule has 2 heterocycles. The molecule has 2 aliphatic rings. The number of hydrogen-bond donors (Lipinski definition) is 1. The van der Waals surface area contributed by atoms with Crippen LogP contribution in [0.3, 0.4) is 0 Å². The van der Waals surface area contributed by atoms with Crippen LogP contribution in [0.25, 0.3) is 0 Å². The van der Waals surface area contributed by atoms with E-state index in [0.29, 0.717) is 0 Å². The minimum Gasteiger partial charge on any atom is -0.339 e. The summed E-state index contributed by atoms with van der Waals surface area (Å²) in [5.41, 5.74) is 0. The van der Waals surface area contributed by atoms with Gasteiger partial charge in [0.2, 0.25) is 5.91 Å². The van der Waals surface area contributed by atoms with Gasteiger partial charge in [-0.2, -0.15) is 11.8 Å². The van der Waals surface area contributed by atoms with E-state index >= 15 is 0 Å². The second kappa shape index (κ2) is 5.63. The maximum atomic E-state index is 11.8. The average molecular weight is 235 g/mol. The Balaban J connectivity index is 0.000000980. The molecule has 0 spiro atoms. The molecule has 0 saturated carbocycles. The van der Waals surface area contributed by atoms with Gasteiger partial charge < -0.3 is 4.90 Å². The van der Waals surface area contributed by atoms with E-state index in [0.717, 1.165) is 31.1 Å². The second-order valence-corrected chi connectivity index (χ2v) is 4.48. The van der Waals surface area contributed by atoms with Crippen molar-refractivity contribution >= 4 is 30.1 Å². The van der Waals surface area contributed by atoms with Crippen LogP contribution in [0.2, 0.25) is 0 Å². The number of halogens is 1. The van der Waals surface area contributed by atoms with Crippen molar-refractivity contribution in [1.82, 2.24) is 10.2 Å². The summed E-state index contributed by atoms with van der Waals surface area (Å²) < 4.78 is 0. The fourth-order valence-electron chi connectivity index (χ4n) is 1.62. The van der Waals surface area contributed by atoms with Crippen LogP contribution >= 0.6 is 24.2 Å². The first-order valence-electron chi connectivity index (χ1n) is 4.64. The number of carbonyl (C=O) groups is 1. The van der Waals surface area contributed by atoms with Gasteiger partial charge in [0, 0.05) is 31.1 Å². The molecular weight excluding hydrogens is 220 g/mol. The van der Waals surface area contributed by atoms with Gasteiger partial charge in [-0.3, -0.25) is 10.1 Å². The number of nitrogens with one attached hydrogen (secondary N) is 1. The summed E-state index contributed by atoms with van der Waals surface area (Å²) in [5.74, 6) is 2.42. The maximum Gasteiger partial charge on any atom is 0.243 e. The highest BCUT2D eigenvalue weighted by molar-refractivity contribution is 7.99. The predicted molar refractivity (Wildman–Crippen MR) is 62.1 cm³/mol. The Morgan fingerprint density at radius 2 is 2.14 bits per heavy atom. The van der Waals surface area contributed by atoms with E-state index in [-0.39, 0.29) is 24.4 Å². The highest BCUT2D eigenvalue weighted by Crippen LogP contribution is 2.11. The molecule has 3 nitrogen and oxygen atoms in total. The highest BCUT2D eigenvalue weighted by Gasteiger charge is 2.24. The molecule has 14 heavy (non-hydrogen) atoms. The van der Waals surface area contributed by atoms with Gasteiger partial charge in [-0.15, -0.1) is 12.4 Å². The molecule has 0 radical (unpaired) electrons. The number of thioether (sulfide) groups is 1. The van der Waals surface area contributed by atoms with Gasteiger partial charge in [-0.05, 0) is 0 Å². The lowest BCUT2D eigenvalue weighted by Gasteiger charge is -2.28. The molecule has 0 bridgehead atoms. The quantitative estimate of drug-likeness (QED) is 0.672. The zero-order chi connectivity index (χ0) is 9.10. The molecule has 1 saturated heterocycles. The number of amides is 1. The third kappa shape index (κ3) is 2.65. The Morgan fingerprint density at radius 3 is 2.71 bits per heavy atom. The maximum absolute atomic E-state index is 11.8. The Hall–Kier alpha value is -0.190. The summed E-state index contributed by atoms with van der Waals surface area (Å²) in [4.78, 5) is 13.8. The first-order valence-corrected chi connectivity index (χ1v) is 5.80. The van der Waals surface area contributed by atoms with Crippen molar-refractivity contribution in [1.29, 1.82) is 0 Å². The molecule has 80 valence electrons. The van der Waals surface area contributed by atoms with Gasteiger partial charge in [0.1, 0.15) is 6.04 Å². The molecule has 5 heteroatoms. The minimum atomic E-state index is -0.0527. The van der Waals surface area contributed by atoms with Crippen LogP contribution in [0.1, 0.15) is 0 Å². The summed E-state index contributed by atoms with van der Waals surface area (Å²) >= 11 is 1.93. The number of carbonyl (C=O) groups excluding carboxylic acids is 1. The van der Waals surface area contributed by atoms with Gasteiger partial charge in [0.15, 0.2) is 0 Å². The third-order valence-corrected chi connectivity index (χ3v) is 3.32. The molecule has 0 aromatic rings. The Labute approximate surface area is 94.7 Å². The van der Waals surface area contributed by atoms with Crippen molar-refractivity contribution in [2.24, 2.45) is 0 Å². The summed E-state index contributed by atoms with van der Waals surface area (Å²) in [5, 5.41) is 3.14. The first kappa shape index (κ1) is 11.9. The zero-order valence-electron chi connectivity index (χ0n) is 7.94. The molecule has 0 aromatic heterocycles. The zero-order valence-corrected chi connectivity index (χ0v) is 9.57. The summed E-state index contributed by atoms with van der Waals surface area (Å²) in [6, 6.07) is -0.0527. The fraction of sp³-hybridized carbons (Fsp3) is 0.667. The molecule has 1 atom stereocenters. The van der Waals surface area contributed by atoms with Crippen molar-refractivity contribution < 1.29 is 4.79 Å². The standard InChI is InChI=1S/C9H14N2OS.ClH/c12-9(8-2-1-3-10-8)11-4-6-13-7-5-11;/h1-2,8,10H,3-7H2;1H. The lowest BCUT2D eigenvalue weighted by atomic mass is 10.2. The van der Waals surface area contributed by atoms with Gasteiger partial charge in [-0.25, -0.2) is 0 Å². The molecule has 1 amide bonds. The van der Waals surface area contributed by atoms with E-state index in [4.69, 9.17) is 0 Å². The lowest BCUT2D eigenvalue weighted by molar-refractivity contribution is -0.131. The average Bonchev–Trinajstić information content (AvgIpc) is 2.71. The van der Waals surface area contributed by atoms with Gasteiger partial charge in [-0.1, -0.05) is 12.2 Å². The van der Waals surface area contributed by atoms with E-state index in [1.165, 1.54) is 0 Å². The summed E-state index contributed by atoms with van der Waals surface area (Å²) in [7, 11) is 0. The molecule has 1 N–H and O–H groups in total. The minimum absolute atomic E-state index is 0. The van der Waals surface area contributed by atoms with Crippen molar-refractivity contribution in [2.75, 3.05) is 31.1 Å². The van der Waals surface area contributed by atoms with Crippen LogP contribution < -0.4 is 5.32 Å². The van der Waals surface area contributed by atoms with Gasteiger partial charge in [0.25, 0.3) is 0 Å². The van der Waals surface area contributed by atoms with Crippen LogP contribution in [-0.4, -0.2) is 48.0 Å². The number of rotatable bonds is 1. The highest BCUT2D eigenvalue weighted by atomic mass is 35.5. The van der Waals surface area contributed by atoms with E-state index in [1.54, 1.807) is 0 Å². The van der Waals surface area contributed by atoms with Crippen molar-refractivity contribution in [3.63, 3.8) is 0 Å². The molecular formula is C9H15ClN2OS. The van der Waals surface area contributed by atoms with Crippen LogP contribution in [0.4, 0.5) is 0 Å². The molecule has 0 aromatic carbocycles. The fourth-order valence-corrected chi connectivity index (χ4v) is 2.52. The van der Waals surface area contributed by atoms with Gasteiger partial charge >= 0.3 is 0 Å². The van der Waals surface area contributed by atoms with Crippen molar-refractivity contribution in [3.8, 4) is 0 Å². The third-order valence-electron chi connectivity index (χ3n) is 2.37. The Kier molecular flexibility index (Phi) is 4.78. The topological polar surface area (TPSA) is 32.3 Å².